The maximum Gasteiger partial charge on any atom is 0.161 e. The maximum atomic E-state index is 5.52. The van der Waals surface area contributed by atoms with Gasteiger partial charge in [0.25, 0.3) is 0 Å². The normalized spacial score (nSPS) is 23.8. The number of nitrogens with zero attached hydrogens (tertiary/aromatic N) is 2. The Morgan fingerprint density at radius 2 is 2.33 bits per heavy atom. The van der Waals surface area contributed by atoms with E-state index in [4.69, 9.17) is 4.74 Å². The number of aryl methyl sites for hydroxylation is 1. The van der Waals surface area contributed by atoms with Gasteiger partial charge in [-0.1, -0.05) is 13.8 Å². The molecule has 4 nitrogen and oxygen atoms in total. The Bertz CT molecular complexity index is 370. The fourth-order valence-electron chi connectivity index (χ4n) is 3.22. The van der Waals surface area contributed by atoms with E-state index in [1.807, 2.05) is 6.20 Å². The third-order valence-corrected chi connectivity index (χ3v) is 3.78. The highest BCUT2D eigenvalue weighted by Gasteiger charge is 2.40. The maximum absolute atomic E-state index is 5.52. The van der Waals surface area contributed by atoms with Crippen LogP contribution < -0.4 is 10.1 Å². The summed E-state index contributed by atoms with van der Waals surface area (Å²) in [5.74, 6) is 1.58. The second-order valence-corrected chi connectivity index (χ2v) is 5.59. The van der Waals surface area contributed by atoms with Crippen LogP contribution in [0.2, 0.25) is 0 Å². The zero-order valence-electron chi connectivity index (χ0n) is 12.0. The lowest BCUT2D eigenvalue weighted by Gasteiger charge is -2.32. The molecule has 1 saturated heterocycles. The molecule has 1 aliphatic rings. The Labute approximate surface area is 110 Å². The highest BCUT2D eigenvalue weighted by atomic mass is 16.5. The number of ether oxygens (including phenoxy) is 1. The van der Waals surface area contributed by atoms with Crippen molar-refractivity contribution in [3.05, 3.63) is 11.9 Å². The van der Waals surface area contributed by atoms with Crippen LogP contribution in [0.1, 0.15) is 45.7 Å². The van der Waals surface area contributed by atoms with Crippen LogP contribution in [0.4, 0.5) is 0 Å². The summed E-state index contributed by atoms with van der Waals surface area (Å²) >= 11 is 0. The molecule has 1 atom stereocenters. The summed E-state index contributed by atoms with van der Waals surface area (Å²) in [7, 11) is 1.73. The second-order valence-electron chi connectivity index (χ2n) is 5.59. The minimum atomic E-state index is 0.0476. The summed E-state index contributed by atoms with van der Waals surface area (Å²) < 4.78 is 7.61. The van der Waals surface area contributed by atoms with Gasteiger partial charge in [-0.05, 0) is 38.6 Å². The second kappa shape index (κ2) is 5.31. The fraction of sp³-hybridized carbons (Fsp3) is 0.786. The molecule has 2 rings (SSSR count). The van der Waals surface area contributed by atoms with Crippen molar-refractivity contribution in [1.29, 1.82) is 0 Å². The lowest BCUT2D eigenvalue weighted by molar-refractivity contribution is 0.275. The molecule has 0 aliphatic carbocycles. The lowest BCUT2D eigenvalue weighted by atomic mass is 9.84. The van der Waals surface area contributed by atoms with Gasteiger partial charge in [-0.25, -0.2) is 0 Å². The Balaban J connectivity index is 2.44. The fourth-order valence-corrected chi connectivity index (χ4v) is 3.22. The predicted octanol–water partition coefficient (Wildman–Crippen LogP) is 2.54. The predicted molar refractivity (Wildman–Crippen MR) is 72.8 cm³/mol. The van der Waals surface area contributed by atoms with Crippen LogP contribution in [0.25, 0.3) is 0 Å². The molecule has 1 N–H and O–H groups in total. The van der Waals surface area contributed by atoms with Crippen molar-refractivity contribution >= 4 is 0 Å². The molecule has 0 amide bonds. The molecule has 2 heterocycles. The van der Waals surface area contributed by atoms with Gasteiger partial charge in [0.05, 0.1) is 18.8 Å². The molecule has 4 heteroatoms. The van der Waals surface area contributed by atoms with Crippen LogP contribution in [0.15, 0.2) is 6.20 Å². The molecule has 1 aliphatic heterocycles. The van der Waals surface area contributed by atoms with E-state index in [9.17, 15) is 0 Å². The summed E-state index contributed by atoms with van der Waals surface area (Å²) in [6.45, 7) is 8.67. The molecule has 18 heavy (non-hydrogen) atoms. The molecule has 1 unspecified atom stereocenters. The number of nitrogens with one attached hydrogen (secondary N) is 1. The SMILES string of the molecule is CCn1ncc(OC)c1C1(CC(C)C)CCCN1. The number of hydrogen-bond acceptors (Lipinski definition) is 3. The molecule has 1 aromatic heterocycles. The minimum absolute atomic E-state index is 0.0476. The molecule has 0 bridgehead atoms. The monoisotopic (exact) mass is 251 g/mol. The van der Waals surface area contributed by atoms with Crippen molar-refractivity contribution in [2.75, 3.05) is 13.7 Å². The molecule has 1 aromatic rings. The summed E-state index contributed by atoms with van der Waals surface area (Å²) in [6.07, 6.45) is 5.38. The van der Waals surface area contributed by atoms with E-state index in [2.05, 4.69) is 35.9 Å². The lowest BCUT2D eigenvalue weighted by Crippen LogP contribution is -2.40. The first-order valence-electron chi connectivity index (χ1n) is 6.98. The molecular weight excluding hydrogens is 226 g/mol. The quantitative estimate of drug-likeness (QED) is 0.874. The van der Waals surface area contributed by atoms with Gasteiger partial charge < -0.3 is 10.1 Å². The van der Waals surface area contributed by atoms with Gasteiger partial charge in [-0.15, -0.1) is 0 Å². The van der Waals surface area contributed by atoms with E-state index in [1.54, 1.807) is 7.11 Å². The highest BCUT2D eigenvalue weighted by Crippen LogP contribution is 2.41. The molecule has 1 fully saturated rings. The Morgan fingerprint density at radius 1 is 1.56 bits per heavy atom. The van der Waals surface area contributed by atoms with E-state index in [-0.39, 0.29) is 5.54 Å². The molecule has 0 spiro atoms. The first-order valence-corrected chi connectivity index (χ1v) is 6.98. The van der Waals surface area contributed by atoms with Crippen LogP contribution in [0, 0.1) is 5.92 Å². The average Bonchev–Trinajstić information content (AvgIpc) is 2.94. The van der Waals surface area contributed by atoms with Gasteiger partial charge in [-0.2, -0.15) is 5.10 Å². The number of methoxy groups -OCH3 is 1. The van der Waals surface area contributed by atoms with Crippen molar-refractivity contribution in [3.8, 4) is 5.75 Å². The largest absolute Gasteiger partial charge is 0.493 e. The van der Waals surface area contributed by atoms with Crippen LogP contribution in [0.5, 0.6) is 5.75 Å². The van der Waals surface area contributed by atoms with Crippen LogP contribution in [0.3, 0.4) is 0 Å². The minimum Gasteiger partial charge on any atom is -0.493 e. The number of aromatic nitrogens is 2. The van der Waals surface area contributed by atoms with Crippen LogP contribution >= 0.6 is 0 Å². The van der Waals surface area contributed by atoms with Gasteiger partial charge in [-0.3, -0.25) is 4.68 Å². The van der Waals surface area contributed by atoms with E-state index in [0.717, 1.165) is 25.3 Å². The topological polar surface area (TPSA) is 39.1 Å². The third kappa shape index (κ3) is 2.26. The first kappa shape index (κ1) is 13.4. The van der Waals surface area contributed by atoms with Crippen LogP contribution in [-0.2, 0) is 12.1 Å². The molecule has 0 radical (unpaired) electrons. The van der Waals surface area contributed by atoms with Gasteiger partial charge in [0.2, 0.25) is 0 Å². The highest BCUT2D eigenvalue weighted by molar-refractivity contribution is 5.33. The molecule has 0 saturated carbocycles. The Morgan fingerprint density at radius 3 is 2.83 bits per heavy atom. The number of hydrogen-bond donors (Lipinski definition) is 1. The molecule has 0 aromatic carbocycles. The number of rotatable bonds is 5. The van der Waals surface area contributed by atoms with Gasteiger partial charge in [0, 0.05) is 6.54 Å². The standard InChI is InChI=1S/C14H25N3O/c1-5-17-13(12(18-4)10-16-17)14(9-11(2)3)7-6-8-15-14/h10-11,15H,5-9H2,1-4H3. The summed E-state index contributed by atoms with van der Waals surface area (Å²) in [6, 6.07) is 0. The van der Waals surface area contributed by atoms with Gasteiger partial charge in [0.1, 0.15) is 5.69 Å². The Hall–Kier alpha value is -1.03. The first-order chi connectivity index (χ1) is 8.63. The van der Waals surface area contributed by atoms with E-state index in [1.165, 1.54) is 18.5 Å². The van der Waals surface area contributed by atoms with Gasteiger partial charge in [0.15, 0.2) is 5.75 Å². The smallest absolute Gasteiger partial charge is 0.161 e. The van der Waals surface area contributed by atoms with Crippen molar-refractivity contribution in [2.24, 2.45) is 5.92 Å². The molecular formula is C14H25N3O. The summed E-state index contributed by atoms with van der Waals surface area (Å²) in [5.41, 5.74) is 1.28. The Kier molecular flexibility index (Phi) is 3.95. The summed E-state index contributed by atoms with van der Waals surface area (Å²) in [4.78, 5) is 0. The van der Waals surface area contributed by atoms with E-state index in [0.29, 0.717) is 5.92 Å². The summed E-state index contributed by atoms with van der Waals surface area (Å²) in [5, 5.41) is 8.17. The van der Waals surface area contributed by atoms with Crippen LogP contribution in [-0.4, -0.2) is 23.4 Å². The zero-order chi connectivity index (χ0) is 13.2. The van der Waals surface area contributed by atoms with Crippen molar-refractivity contribution in [2.45, 2.75) is 52.1 Å². The van der Waals surface area contributed by atoms with Crippen molar-refractivity contribution in [3.63, 3.8) is 0 Å². The zero-order valence-corrected chi connectivity index (χ0v) is 12.0. The van der Waals surface area contributed by atoms with Gasteiger partial charge >= 0.3 is 0 Å². The van der Waals surface area contributed by atoms with Crippen molar-refractivity contribution < 1.29 is 4.74 Å². The van der Waals surface area contributed by atoms with Crippen molar-refractivity contribution in [1.82, 2.24) is 15.1 Å². The molecule has 102 valence electrons. The van der Waals surface area contributed by atoms with E-state index >= 15 is 0 Å². The third-order valence-electron chi connectivity index (χ3n) is 3.78. The average molecular weight is 251 g/mol. The van der Waals surface area contributed by atoms with E-state index < -0.39 is 0 Å².